The Morgan fingerprint density at radius 1 is 1.12 bits per heavy atom. The summed E-state index contributed by atoms with van der Waals surface area (Å²) in [4.78, 5) is 15.9. The highest BCUT2D eigenvalue weighted by Crippen LogP contribution is 2.26. The van der Waals surface area contributed by atoms with E-state index >= 15 is 0 Å². The van der Waals surface area contributed by atoms with E-state index in [-0.39, 0.29) is 11.5 Å². The van der Waals surface area contributed by atoms with Crippen molar-refractivity contribution in [1.82, 2.24) is 15.2 Å². The molecular formula is C20H17N3O2S. The number of H-pyrrole nitrogens is 1. The maximum atomic E-state index is 12.6. The molecule has 0 amide bonds. The van der Waals surface area contributed by atoms with Crippen molar-refractivity contribution in [2.75, 3.05) is 5.75 Å². The van der Waals surface area contributed by atoms with Gasteiger partial charge in [0.05, 0.1) is 5.75 Å². The van der Waals surface area contributed by atoms with Gasteiger partial charge >= 0.3 is 0 Å². The first-order chi connectivity index (χ1) is 12.8. The Morgan fingerprint density at radius 2 is 1.96 bits per heavy atom. The number of para-hydroxylation sites is 1. The van der Waals surface area contributed by atoms with Crippen LogP contribution in [0.15, 0.2) is 64.4 Å². The van der Waals surface area contributed by atoms with Crippen LogP contribution in [0.3, 0.4) is 0 Å². The van der Waals surface area contributed by atoms with Gasteiger partial charge in [0.2, 0.25) is 5.89 Å². The largest absolute Gasteiger partial charge is 0.411 e. The summed E-state index contributed by atoms with van der Waals surface area (Å²) in [7, 11) is 0. The van der Waals surface area contributed by atoms with Crippen molar-refractivity contribution in [3.8, 4) is 11.5 Å². The number of rotatable bonds is 6. The quantitative estimate of drug-likeness (QED) is 0.395. The first-order valence-corrected chi connectivity index (χ1v) is 9.38. The molecule has 4 aromatic rings. The number of aryl methyl sites for hydroxylation is 1. The van der Waals surface area contributed by atoms with Crippen LogP contribution in [0.4, 0.5) is 0 Å². The first kappa shape index (κ1) is 16.6. The number of ketones is 1. The van der Waals surface area contributed by atoms with Crippen LogP contribution >= 0.6 is 11.8 Å². The zero-order chi connectivity index (χ0) is 17.9. The van der Waals surface area contributed by atoms with E-state index in [2.05, 4.69) is 28.2 Å². The smallest absolute Gasteiger partial charge is 0.277 e. The van der Waals surface area contributed by atoms with Crippen LogP contribution in [0.25, 0.3) is 22.4 Å². The van der Waals surface area contributed by atoms with E-state index in [0.717, 1.165) is 22.9 Å². The molecule has 0 fully saturated rings. The third kappa shape index (κ3) is 3.15. The molecule has 0 unspecified atom stereocenters. The minimum Gasteiger partial charge on any atom is -0.411 e. The molecule has 0 bridgehead atoms. The van der Waals surface area contributed by atoms with Gasteiger partial charge in [0, 0.05) is 28.2 Å². The van der Waals surface area contributed by atoms with Gasteiger partial charge in [0.25, 0.3) is 5.22 Å². The first-order valence-electron chi connectivity index (χ1n) is 8.40. The minimum absolute atomic E-state index is 0.0361. The highest BCUT2D eigenvalue weighted by molar-refractivity contribution is 7.99. The van der Waals surface area contributed by atoms with Crippen LogP contribution in [-0.2, 0) is 6.42 Å². The van der Waals surface area contributed by atoms with E-state index in [1.807, 2.05) is 42.5 Å². The molecule has 0 saturated carbocycles. The number of fused-ring (bicyclic) bond motifs is 1. The Balaban J connectivity index is 1.49. The lowest BCUT2D eigenvalue weighted by Gasteiger charge is -2.00. The third-order valence-corrected chi connectivity index (χ3v) is 5.06. The van der Waals surface area contributed by atoms with E-state index in [9.17, 15) is 4.79 Å². The topological polar surface area (TPSA) is 71.8 Å². The molecule has 26 heavy (non-hydrogen) atoms. The zero-order valence-electron chi connectivity index (χ0n) is 14.2. The molecule has 0 saturated heterocycles. The number of aromatic amines is 1. The summed E-state index contributed by atoms with van der Waals surface area (Å²) in [5.74, 6) is 0.744. The summed E-state index contributed by atoms with van der Waals surface area (Å²) in [6, 6.07) is 15.6. The van der Waals surface area contributed by atoms with E-state index in [4.69, 9.17) is 4.42 Å². The molecule has 4 rings (SSSR count). The number of Topliss-reactive ketones (excluding diaryl/α,β-unsaturated/α-hetero) is 1. The monoisotopic (exact) mass is 363 g/mol. The van der Waals surface area contributed by atoms with Gasteiger partial charge < -0.3 is 9.40 Å². The highest BCUT2D eigenvalue weighted by atomic mass is 32.2. The van der Waals surface area contributed by atoms with Crippen LogP contribution in [0, 0.1) is 0 Å². The Labute approximate surface area is 154 Å². The predicted octanol–water partition coefficient (Wildman–Crippen LogP) is 4.76. The van der Waals surface area contributed by atoms with Gasteiger partial charge in [-0.15, -0.1) is 10.2 Å². The minimum atomic E-state index is 0.0361. The number of hydrogen-bond donors (Lipinski definition) is 1. The van der Waals surface area contributed by atoms with Gasteiger partial charge in [-0.3, -0.25) is 4.79 Å². The van der Waals surface area contributed by atoms with Crippen LogP contribution in [0.5, 0.6) is 0 Å². The number of thioether (sulfide) groups is 1. The van der Waals surface area contributed by atoms with Crippen molar-refractivity contribution in [2.24, 2.45) is 0 Å². The molecule has 2 aromatic heterocycles. The van der Waals surface area contributed by atoms with Gasteiger partial charge in [0.1, 0.15) is 0 Å². The number of benzene rings is 2. The maximum absolute atomic E-state index is 12.6. The van der Waals surface area contributed by atoms with Gasteiger partial charge in [-0.1, -0.05) is 55.1 Å². The molecule has 5 nitrogen and oxygen atoms in total. The second-order valence-electron chi connectivity index (χ2n) is 5.85. The van der Waals surface area contributed by atoms with Gasteiger partial charge in [-0.05, 0) is 24.1 Å². The lowest BCUT2D eigenvalue weighted by atomic mass is 10.1. The lowest BCUT2D eigenvalue weighted by molar-refractivity contribution is 0.102. The van der Waals surface area contributed by atoms with Crippen molar-refractivity contribution in [3.05, 3.63) is 65.9 Å². The molecule has 0 atom stereocenters. The number of carbonyl (C=O) groups is 1. The summed E-state index contributed by atoms with van der Waals surface area (Å²) in [5, 5.41) is 9.42. The summed E-state index contributed by atoms with van der Waals surface area (Å²) >= 11 is 1.26. The van der Waals surface area contributed by atoms with Crippen molar-refractivity contribution in [3.63, 3.8) is 0 Å². The van der Waals surface area contributed by atoms with Crippen LogP contribution in [0.1, 0.15) is 22.8 Å². The van der Waals surface area contributed by atoms with Crippen LogP contribution in [0.2, 0.25) is 0 Å². The Kier molecular flexibility index (Phi) is 4.58. The van der Waals surface area contributed by atoms with E-state index in [1.165, 1.54) is 17.3 Å². The van der Waals surface area contributed by atoms with Crippen molar-refractivity contribution >= 4 is 28.4 Å². The second-order valence-corrected chi connectivity index (χ2v) is 6.77. The van der Waals surface area contributed by atoms with Crippen molar-refractivity contribution in [1.29, 1.82) is 0 Å². The van der Waals surface area contributed by atoms with Crippen molar-refractivity contribution in [2.45, 2.75) is 18.6 Å². The summed E-state index contributed by atoms with van der Waals surface area (Å²) < 4.78 is 5.64. The fraction of sp³-hybridized carbons (Fsp3) is 0.150. The number of aromatic nitrogens is 3. The van der Waals surface area contributed by atoms with Gasteiger partial charge in [-0.25, -0.2) is 0 Å². The normalized spacial score (nSPS) is 11.1. The molecule has 2 heterocycles. The zero-order valence-corrected chi connectivity index (χ0v) is 15.0. The molecule has 2 aromatic carbocycles. The predicted molar refractivity (Wildman–Crippen MR) is 102 cm³/mol. The fourth-order valence-electron chi connectivity index (χ4n) is 2.91. The van der Waals surface area contributed by atoms with Crippen LogP contribution < -0.4 is 0 Å². The number of carbonyl (C=O) groups excluding carboxylic acids is 1. The number of hydrogen-bond acceptors (Lipinski definition) is 5. The van der Waals surface area contributed by atoms with Crippen molar-refractivity contribution < 1.29 is 9.21 Å². The molecular weight excluding hydrogens is 346 g/mol. The highest BCUT2D eigenvalue weighted by Gasteiger charge is 2.16. The second kappa shape index (κ2) is 7.17. The average molecular weight is 363 g/mol. The summed E-state index contributed by atoms with van der Waals surface area (Å²) in [5.41, 5.74) is 3.80. The number of nitrogens with one attached hydrogen (secondary N) is 1. The third-order valence-electron chi connectivity index (χ3n) is 4.24. The van der Waals surface area contributed by atoms with E-state index < -0.39 is 0 Å². The Morgan fingerprint density at radius 3 is 2.77 bits per heavy atom. The van der Waals surface area contributed by atoms with E-state index in [0.29, 0.717) is 16.7 Å². The Bertz CT molecular complexity index is 1050. The number of nitrogens with zero attached hydrogens (tertiary/aromatic N) is 2. The summed E-state index contributed by atoms with van der Waals surface area (Å²) in [6.45, 7) is 2.10. The molecule has 0 spiro atoms. The molecule has 0 aliphatic heterocycles. The molecule has 0 aliphatic carbocycles. The van der Waals surface area contributed by atoms with Gasteiger partial charge in [0.15, 0.2) is 5.78 Å². The molecule has 1 N–H and O–H groups in total. The van der Waals surface area contributed by atoms with Gasteiger partial charge in [-0.2, -0.15) is 0 Å². The molecule has 0 aliphatic rings. The lowest BCUT2D eigenvalue weighted by Crippen LogP contribution is -2.01. The Hall–Kier alpha value is -2.86. The van der Waals surface area contributed by atoms with E-state index in [1.54, 1.807) is 6.20 Å². The molecule has 130 valence electrons. The summed E-state index contributed by atoms with van der Waals surface area (Å²) in [6.07, 6.45) is 2.71. The fourth-order valence-corrected chi connectivity index (χ4v) is 3.56. The molecule has 0 radical (unpaired) electrons. The SMILES string of the molecule is CCc1cccc2c(C(=O)CSc3nnc(-c4ccccc4)o3)c[nH]c12. The molecule has 6 heteroatoms. The van der Waals surface area contributed by atoms with Crippen LogP contribution in [-0.4, -0.2) is 26.7 Å². The standard InChI is InChI=1S/C20H17N3O2S/c1-2-13-9-6-10-15-16(11-21-18(13)15)17(24)12-26-20-23-22-19(25-20)14-7-4-3-5-8-14/h3-11,21H,2,12H2,1H3. The average Bonchev–Trinajstić information content (AvgIpc) is 3.34. The maximum Gasteiger partial charge on any atom is 0.277 e.